The maximum atomic E-state index is 14.2. The highest BCUT2D eigenvalue weighted by Crippen LogP contribution is 2.31. The van der Waals surface area contributed by atoms with Gasteiger partial charge in [0.2, 0.25) is 0 Å². The maximum absolute atomic E-state index is 14.2. The molecule has 1 N–H and O–H groups in total. The highest BCUT2D eigenvalue weighted by molar-refractivity contribution is 7.14. The van der Waals surface area contributed by atoms with E-state index in [1.165, 1.54) is 17.4 Å². The Labute approximate surface area is 154 Å². The number of halogens is 1. The molecule has 5 nitrogen and oxygen atoms in total. The molecular weight excluding hydrogens is 353 g/mol. The molecule has 2 aromatic heterocycles. The lowest BCUT2D eigenvalue weighted by atomic mass is 10.0. The van der Waals surface area contributed by atoms with Gasteiger partial charge in [-0.15, -0.1) is 11.3 Å². The highest BCUT2D eigenvalue weighted by atomic mass is 32.1. The second-order valence-corrected chi connectivity index (χ2v) is 7.35. The number of ether oxygens (including phenoxy) is 1. The molecule has 7 heteroatoms. The SMILES string of the molecule is COCc1ccc(C(=O)N2CCc3[nH]nc(-c4ccccc4F)c3C2)s1. The summed E-state index contributed by atoms with van der Waals surface area (Å²) in [6.07, 6.45) is 0.679. The zero-order chi connectivity index (χ0) is 18.1. The van der Waals surface area contributed by atoms with Gasteiger partial charge in [-0.2, -0.15) is 5.10 Å². The number of rotatable bonds is 4. The van der Waals surface area contributed by atoms with Crippen LogP contribution in [0.25, 0.3) is 11.3 Å². The van der Waals surface area contributed by atoms with Crippen LogP contribution in [0.1, 0.15) is 25.8 Å². The summed E-state index contributed by atoms with van der Waals surface area (Å²) in [6, 6.07) is 10.3. The van der Waals surface area contributed by atoms with Gasteiger partial charge >= 0.3 is 0 Å². The van der Waals surface area contributed by atoms with Crippen LogP contribution in [-0.4, -0.2) is 34.7 Å². The van der Waals surface area contributed by atoms with Crippen molar-refractivity contribution < 1.29 is 13.9 Å². The van der Waals surface area contributed by atoms with E-state index in [4.69, 9.17) is 4.74 Å². The number of nitrogens with zero attached hydrogens (tertiary/aromatic N) is 2. The van der Waals surface area contributed by atoms with Crippen LogP contribution < -0.4 is 0 Å². The molecule has 1 aliphatic rings. The van der Waals surface area contributed by atoms with Crippen molar-refractivity contribution in [2.24, 2.45) is 0 Å². The van der Waals surface area contributed by atoms with E-state index in [-0.39, 0.29) is 11.7 Å². The van der Waals surface area contributed by atoms with Crippen molar-refractivity contribution in [1.29, 1.82) is 0 Å². The summed E-state index contributed by atoms with van der Waals surface area (Å²) in [5, 5.41) is 7.31. The van der Waals surface area contributed by atoms with E-state index in [2.05, 4.69) is 10.2 Å². The Morgan fingerprint density at radius 2 is 2.19 bits per heavy atom. The first-order chi connectivity index (χ1) is 12.7. The number of aromatic amines is 1. The number of methoxy groups -OCH3 is 1. The number of thiophene rings is 1. The number of hydrogen-bond donors (Lipinski definition) is 1. The van der Waals surface area contributed by atoms with Crippen LogP contribution in [0.3, 0.4) is 0 Å². The first-order valence-electron chi connectivity index (χ1n) is 8.35. The minimum atomic E-state index is -0.312. The van der Waals surface area contributed by atoms with Gasteiger partial charge in [0, 0.05) is 48.3 Å². The lowest BCUT2D eigenvalue weighted by Crippen LogP contribution is -2.35. The normalized spacial score (nSPS) is 13.7. The average molecular weight is 371 g/mol. The molecular formula is C19H18FN3O2S. The first-order valence-corrected chi connectivity index (χ1v) is 9.17. The standard InChI is InChI=1S/C19H18FN3O2S/c1-25-11-12-6-7-17(26-12)19(24)23-9-8-16-14(10-23)18(22-21-16)13-4-2-3-5-15(13)20/h2-7H,8-11H2,1H3,(H,21,22). The Balaban J connectivity index is 1.60. The molecule has 0 saturated carbocycles. The van der Waals surface area contributed by atoms with Crippen molar-refractivity contribution in [1.82, 2.24) is 15.1 Å². The first kappa shape index (κ1) is 16.9. The maximum Gasteiger partial charge on any atom is 0.264 e. The molecule has 3 aromatic rings. The molecule has 1 amide bonds. The molecule has 3 heterocycles. The van der Waals surface area contributed by atoms with E-state index in [0.29, 0.717) is 42.3 Å². The van der Waals surface area contributed by atoms with Crippen LogP contribution in [0.15, 0.2) is 36.4 Å². The van der Waals surface area contributed by atoms with E-state index >= 15 is 0 Å². The minimum Gasteiger partial charge on any atom is -0.379 e. The van der Waals surface area contributed by atoms with Crippen LogP contribution >= 0.6 is 11.3 Å². The van der Waals surface area contributed by atoms with Crippen molar-refractivity contribution >= 4 is 17.2 Å². The summed E-state index contributed by atoms with van der Waals surface area (Å²) in [7, 11) is 1.64. The Morgan fingerprint density at radius 1 is 1.35 bits per heavy atom. The molecule has 4 rings (SSSR count). The Hall–Kier alpha value is -2.51. The predicted octanol–water partition coefficient (Wildman–Crippen LogP) is 3.62. The smallest absolute Gasteiger partial charge is 0.264 e. The van der Waals surface area contributed by atoms with Crippen molar-refractivity contribution in [3.63, 3.8) is 0 Å². The fourth-order valence-corrected chi connectivity index (χ4v) is 4.16. The predicted molar refractivity (Wildman–Crippen MR) is 97.5 cm³/mol. The van der Waals surface area contributed by atoms with Gasteiger partial charge in [-0.05, 0) is 24.3 Å². The van der Waals surface area contributed by atoms with Gasteiger partial charge < -0.3 is 9.64 Å². The van der Waals surface area contributed by atoms with Crippen molar-refractivity contribution in [3.05, 3.63) is 63.2 Å². The molecule has 0 bridgehead atoms. The van der Waals surface area contributed by atoms with Gasteiger partial charge in [-0.25, -0.2) is 4.39 Å². The second kappa shape index (κ2) is 7.01. The third kappa shape index (κ3) is 3.04. The Kier molecular flexibility index (Phi) is 4.57. The molecule has 1 aliphatic heterocycles. The van der Waals surface area contributed by atoms with Crippen LogP contribution in [0.2, 0.25) is 0 Å². The summed E-state index contributed by atoms with van der Waals surface area (Å²) in [6.45, 7) is 1.54. The summed E-state index contributed by atoms with van der Waals surface area (Å²) in [5.74, 6) is -0.323. The largest absolute Gasteiger partial charge is 0.379 e. The fraction of sp³-hybridized carbons (Fsp3) is 0.263. The molecule has 0 unspecified atom stereocenters. The van der Waals surface area contributed by atoms with Gasteiger partial charge in [0.05, 0.1) is 11.5 Å². The minimum absolute atomic E-state index is 0.0105. The summed E-state index contributed by atoms with van der Waals surface area (Å²) in [5.41, 5.74) is 2.90. The molecule has 0 radical (unpaired) electrons. The molecule has 0 atom stereocenters. The summed E-state index contributed by atoms with van der Waals surface area (Å²) < 4.78 is 19.3. The van der Waals surface area contributed by atoms with Gasteiger partial charge in [0.25, 0.3) is 5.91 Å². The van der Waals surface area contributed by atoms with Crippen LogP contribution in [0, 0.1) is 5.82 Å². The van der Waals surface area contributed by atoms with E-state index in [1.807, 2.05) is 12.1 Å². The molecule has 0 aliphatic carbocycles. The number of amides is 1. The van der Waals surface area contributed by atoms with E-state index in [9.17, 15) is 9.18 Å². The van der Waals surface area contributed by atoms with Gasteiger partial charge in [0.15, 0.2) is 0 Å². The molecule has 1 aromatic carbocycles. The van der Waals surface area contributed by atoms with Crippen LogP contribution in [0.5, 0.6) is 0 Å². The number of H-pyrrole nitrogens is 1. The lowest BCUT2D eigenvalue weighted by molar-refractivity contribution is 0.0739. The molecule has 134 valence electrons. The number of carbonyl (C=O) groups is 1. The molecule has 0 fully saturated rings. The zero-order valence-electron chi connectivity index (χ0n) is 14.3. The second-order valence-electron chi connectivity index (χ2n) is 6.18. The molecule has 0 spiro atoms. The lowest BCUT2D eigenvalue weighted by Gasteiger charge is -2.26. The Morgan fingerprint density at radius 3 is 3.00 bits per heavy atom. The number of fused-ring (bicyclic) bond motifs is 1. The number of aromatic nitrogens is 2. The van der Waals surface area contributed by atoms with Crippen molar-refractivity contribution in [3.8, 4) is 11.3 Å². The van der Waals surface area contributed by atoms with Crippen LogP contribution in [-0.2, 0) is 24.3 Å². The number of benzene rings is 1. The molecule has 0 saturated heterocycles. The van der Waals surface area contributed by atoms with Crippen molar-refractivity contribution in [2.75, 3.05) is 13.7 Å². The van der Waals surface area contributed by atoms with E-state index in [0.717, 1.165) is 16.1 Å². The highest BCUT2D eigenvalue weighted by Gasteiger charge is 2.27. The van der Waals surface area contributed by atoms with Gasteiger partial charge in [-0.1, -0.05) is 12.1 Å². The number of nitrogens with one attached hydrogen (secondary N) is 1. The number of hydrogen-bond acceptors (Lipinski definition) is 4. The third-order valence-electron chi connectivity index (χ3n) is 4.51. The number of carbonyl (C=O) groups excluding carboxylic acids is 1. The van der Waals surface area contributed by atoms with Gasteiger partial charge in [-0.3, -0.25) is 9.89 Å². The zero-order valence-corrected chi connectivity index (χ0v) is 15.1. The summed E-state index contributed by atoms with van der Waals surface area (Å²) in [4.78, 5) is 16.4. The van der Waals surface area contributed by atoms with E-state index < -0.39 is 0 Å². The third-order valence-corrected chi connectivity index (χ3v) is 5.56. The van der Waals surface area contributed by atoms with Gasteiger partial charge in [0.1, 0.15) is 11.5 Å². The average Bonchev–Trinajstić information content (AvgIpc) is 3.28. The molecule has 26 heavy (non-hydrogen) atoms. The topological polar surface area (TPSA) is 58.2 Å². The van der Waals surface area contributed by atoms with Crippen molar-refractivity contribution in [2.45, 2.75) is 19.6 Å². The quantitative estimate of drug-likeness (QED) is 0.762. The Bertz CT molecular complexity index is 950. The van der Waals surface area contributed by atoms with E-state index in [1.54, 1.807) is 30.2 Å². The monoisotopic (exact) mass is 371 g/mol. The van der Waals surface area contributed by atoms with Crippen LogP contribution in [0.4, 0.5) is 4.39 Å². The summed E-state index contributed by atoms with van der Waals surface area (Å²) >= 11 is 1.45. The fourth-order valence-electron chi connectivity index (χ4n) is 3.21.